The molecule has 0 heterocycles. The fourth-order valence-electron chi connectivity index (χ4n) is 2.21. The summed E-state index contributed by atoms with van der Waals surface area (Å²) < 4.78 is 17.6. The summed E-state index contributed by atoms with van der Waals surface area (Å²) in [5, 5.41) is 0. The first-order chi connectivity index (χ1) is 10.9. The lowest BCUT2D eigenvalue weighted by atomic mass is 10.1. The maximum atomic E-state index is 13.0. The van der Waals surface area contributed by atoms with Crippen molar-refractivity contribution in [1.29, 1.82) is 0 Å². The van der Waals surface area contributed by atoms with E-state index >= 15 is 0 Å². The van der Waals surface area contributed by atoms with E-state index in [0.29, 0.717) is 11.1 Å². The third-order valence-electron chi connectivity index (χ3n) is 3.81. The predicted octanol–water partition coefficient (Wildman–Crippen LogP) is 3.45. The fraction of sp³-hybridized carbons (Fsp3) is 0.222. The van der Waals surface area contributed by atoms with Gasteiger partial charge < -0.3 is 9.64 Å². The SMILES string of the molecule is COC(=O)c1ccc(C(=O)N(C)C(C)c2ccc(F)cc2)cc1. The smallest absolute Gasteiger partial charge is 0.337 e. The first kappa shape index (κ1) is 16.7. The van der Waals surface area contributed by atoms with Gasteiger partial charge in [-0.05, 0) is 48.9 Å². The number of methoxy groups -OCH3 is 1. The van der Waals surface area contributed by atoms with Crippen LogP contribution in [0.25, 0.3) is 0 Å². The van der Waals surface area contributed by atoms with Crippen molar-refractivity contribution in [2.24, 2.45) is 0 Å². The zero-order chi connectivity index (χ0) is 17.0. The van der Waals surface area contributed by atoms with Crippen molar-refractivity contribution < 1.29 is 18.7 Å². The average Bonchev–Trinajstić information content (AvgIpc) is 2.60. The van der Waals surface area contributed by atoms with Crippen LogP contribution in [0, 0.1) is 5.82 Å². The fourth-order valence-corrected chi connectivity index (χ4v) is 2.21. The summed E-state index contributed by atoms with van der Waals surface area (Å²) >= 11 is 0. The second-order valence-corrected chi connectivity index (χ2v) is 5.21. The van der Waals surface area contributed by atoms with Gasteiger partial charge in [0.1, 0.15) is 5.82 Å². The van der Waals surface area contributed by atoms with Crippen LogP contribution in [0.5, 0.6) is 0 Å². The van der Waals surface area contributed by atoms with E-state index in [-0.39, 0.29) is 17.8 Å². The molecule has 0 saturated carbocycles. The number of benzene rings is 2. The number of carbonyl (C=O) groups is 2. The summed E-state index contributed by atoms with van der Waals surface area (Å²) in [6.45, 7) is 1.87. The molecular weight excluding hydrogens is 297 g/mol. The Morgan fingerprint density at radius 2 is 1.52 bits per heavy atom. The Labute approximate surface area is 134 Å². The first-order valence-electron chi connectivity index (χ1n) is 7.15. The Balaban J connectivity index is 2.15. The van der Waals surface area contributed by atoms with E-state index in [4.69, 9.17) is 0 Å². The number of nitrogens with zero attached hydrogens (tertiary/aromatic N) is 1. The molecule has 0 aliphatic rings. The number of halogens is 1. The lowest BCUT2D eigenvalue weighted by Crippen LogP contribution is -2.29. The molecule has 1 amide bonds. The maximum absolute atomic E-state index is 13.0. The molecule has 0 saturated heterocycles. The number of carbonyl (C=O) groups excluding carboxylic acids is 2. The summed E-state index contributed by atoms with van der Waals surface area (Å²) in [5.74, 6) is -0.941. The first-order valence-corrected chi connectivity index (χ1v) is 7.15. The van der Waals surface area contributed by atoms with E-state index in [0.717, 1.165) is 5.56 Å². The highest BCUT2D eigenvalue weighted by Gasteiger charge is 2.19. The predicted molar refractivity (Wildman–Crippen MR) is 84.7 cm³/mol. The number of rotatable bonds is 4. The monoisotopic (exact) mass is 315 g/mol. The zero-order valence-electron chi connectivity index (χ0n) is 13.2. The third kappa shape index (κ3) is 3.74. The molecule has 0 bridgehead atoms. The summed E-state index contributed by atoms with van der Waals surface area (Å²) in [7, 11) is 2.99. The summed E-state index contributed by atoms with van der Waals surface area (Å²) in [6.07, 6.45) is 0. The highest BCUT2D eigenvalue weighted by Crippen LogP contribution is 2.21. The van der Waals surface area contributed by atoms with Crippen LogP contribution in [-0.4, -0.2) is 30.9 Å². The molecule has 0 aromatic heterocycles. The number of ether oxygens (including phenoxy) is 1. The molecule has 0 radical (unpaired) electrons. The number of amides is 1. The van der Waals surface area contributed by atoms with Crippen molar-refractivity contribution in [3.63, 3.8) is 0 Å². The number of esters is 1. The van der Waals surface area contributed by atoms with Crippen molar-refractivity contribution >= 4 is 11.9 Å². The van der Waals surface area contributed by atoms with Gasteiger partial charge in [0.25, 0.3) is 5.91 Å². The number of hydrogen-bond acceptors (Lipinski definition) is 3. The quantitative estimate of drug-likeness (QED) is 0.812. The molecule has 2 rings (SSSR count). The molecule has 1 atom stereocenters. The Morgan fingerprint density at radius 3 is 2.04 bits per heavy atom. The second-order valence-electron chi connectivity index (χ2n) is 5.21. The molecule has 0 N–H and O–H groups in total. The Bertz CT molecular complexity index is 695. The van der Waals surface area contributed by atoms with Crippen molar-refractivity contribution in [3.8, 4) is 0 Å². The van der Waals surface area contributed by atoms with Crippen LogP contribution >= 0.6 is 0 Å². The molecular formula is C18H18FNO3. The third-order valence-corrected chi connectivity index (χ3v) is 3.81. The van der Waals surface area contributed by atoms with Crippen LogP contribution in [0.4, 0.5) is 4.39 Å². The highest BCUT2D eigenvalue weighted by atomic mass is 19.1. The van der Waals surface area contributed by atoms with Crippen molar-refractivity contribution in [1.82, 2.24) is 4.90 Å². The van der Waals surface area contributed by atoms with Gasteiger partial charge in [-0.1, -0.05) is 12.1 Å². The normalized spacial score (nSPS) is 11.7. The average molecular weight is 315 g/mol. The number of hydrogen-bond donors (Lipinski definition) is 0. The zero-order valence-corrected chi connectivity index (χ0v) is 13.2. The maximum Gasteiger partial charge on any atom is 0.337 e. The minimum absolute atomic E-state index is 0.182. The molecule has 23 heavy (non-hydrogen) atoms. The summed E-state index contributed by atoms with van der Waals surface area (Å²) in [5.41, 5.74) is 1.70. The molecule has 0 aliphatic carbocycles. The molecule has 0 aliphatic heterocycles. The molecule has 120 valence electrons. The van der Waals surface area contributed by atoms with Crippen molar-refractivity contribution in [3.05, 3.63) is 71.0 Å². The standard InChI is InChI=1S/C18H18FNO3/c1-12(13-8-10-16(19)11-9-13)20(2)17(21)14-4-6-15(7-5-14)18(22)23-3/h4-12H,1-3H3. The van der Waals surface area contributed by atoms with Crippen LogP contribution < -0.4 is 0 Å². The lowest BCUT2D eigenvalue weighted by Gasteiger charge is -2.25. The Hall–Kier alpha value is -2.69. The van der Waals surface area contributed by atoms with E-state index < -0.39 is 5.97 Å². The van der Waals surface area contributed by atoms with Crippen LogP contribution in [-0.2, 0) is 4.74 Å². The van der Waals surface area contributed by atoms with Gasteiger partial charge in [0.15, 0.2) is 0 Å². The van der Waals surface area contributed by atoms with E-state index in [2.05, 4.69) is 4.74 Å². The molecule has 4 nitrogen and oxygen atoms in total. The van der Waals surface area contributed by atoms with Gasteiger partial charge in [0, 0.05) is 12.6 Å². The lowest BCUT2D eigenvalue weighted by molar-refractivity contribution is 0.0599. The highest BCUT2D eigenvalue weighted by molar-refractivity contribution is 5.96. The van der Waals surface area contributed by atoms with Crippen LogP contribution in [0.2, 0.25) is 0 Å². The molecule has 2 aromatic carbocycles. The van der Waals surface area contributed by atoms with Crippen LogP contribution in [0.15, 0.2) is 48.5 Å². The van der Waals surface area contributed by atoms with Gasteiger partial charge in [0.05, 0.1) is 18.7 Å². The van der Waals surface area contributed by atoms with Gasteiger partial charge in [0.2, 0.25) is 0 Å². The summed E-state index contributed by atoms with van der Waals surface area (Å²) in [6, 6.07) is 12.1. The Morgan fingerprint density at radius 1 is 1.00 bits per heavy atom. The molecule has 0 spiro atoms. The molecule has 5 heteroatoms. The minimum atomic E-state index is -0.447. The van der Waals surface area contributed by atoms with Gasteiger partial charge in [-0.25, -0.2) is 9.18 Å². The van der Waals surface area contributed by atoms with Crippen LogP contribution in [0.3, 0.4) is 0 Å². The molecule has 2 aromatic rings. The topological polar surface area (TPSA) is 46.6 Å². The second kappa shape index (κ2) is 7.05. The van der Waals surface area contributed by atoms with Gasteiger partial charge in [-0.2, -0.15) is 0 Å². The molecule has 1 unspecified atom stereocenters. The van der Waals surface area contributed by atoms with E-state index in [1.165, 1.54) is 19.2 Å². The minimum Gasteiger partial charge on any atom is -0.465 e. The Kier molecular flexibility index (Phi) is 5.11. The summed E-state index contributed by atoms with van der Waals surface area (Å²) in [4.78, 5) is 25.5. The van der Waals surface area contributed by atoms with E-state index in [1.807, 2.05) is 6.92 Å². The van der Waals surface area contributed by atoms with E-state index in [1.54, 1.807) is 48.3 Å². The van der Waals surface area contributed by atoms with Crippen LogP contribution in [0.1, 0.15) is 39.2 Å². The van der Waals surface area contributed by atoms with E-state index in [9.17, 15) is 14.0 Å². The van der Waals surface area contributed by atoms with Crippen molar-refractivity contribution in [2.75, 3.05) is 14.2 Å². The van der Waals surface area contributed by atoms with Gasteiger partial charge in [-0.15, -0.1) is 0 Å². The molecule has 0 fully saturated rings. The van der Waals surface area contributed by atoms with Gasteiger partial charge in [-0.3, -0.25) is 4.79 Å². The largest absolute Gasteiger partial charge is 0.465 e. The van der Waals surface area contributed by atoms with Crippen molar-refractivity contribution in [2.45, 2.75) is 13.0 Å². The van der Waals surface area contributed by atoms with Gasteiger partial charge >= 0.3 is 5.97 Å².